The highest BCUT2D eigenvalue weighted by molar-refractivity contribution is 5.88. The van der Waals surface area contributed by atoms with Gasteiger partial charge in [0.1, 0.15) is 5.75 Å². The molecule has 0 spiro atoms. The molecule has 3 heterocycles. The van der Waals surface area contributed by atoms with Crippen molar-refractivity contribution in [3.05, 3.63) is 66.1 Å². The van der Waals surface area contributed by atoms with E-state index in [4.69, 9.17) is 30.1 Å². The fourth-order valence-electron chi connectivity index (χ4n) is 5.85. The van der Waals surface area contributed by atoms with Crippen molar-refractivity contribution in [1.29, 1.82) is 0 Å². The quantitative estimate of drug-likeness (QED) is 0.213. The molecule has 0 atom stereocenters. The third kappa shape index (κ3) is 9.97. The van der Waals surface area contributed by atoms with Gasteiger partial charge in [-0.3, -0.25) is 24.5 Å². The van der Waals surface area contributed by atoms with Crippen molar-refractivity contribution in [3.8, 4) is 5.75 Å². The van der Waals surface area contributed by atoms with Crippen molar-refractivity contribution in [2.75, 3.05) is 7.11 Å². The number of hydrogen-bond acceptors (Lipinski definition) is 9. The van der Waals surface area contributed by atoms with Gasteiger partial charge in [0, 0.05) is 48.0 Å². The number of rotatable bonds is 11. The topological polar surface area (TPSA) is 182 Å². The number of hydrogen-bond donors (Lipinski definition) is 5. The van der Waals surface area contributed by atoms with Gasteiger partial charge < -0.3 is 30.5 Å². The van der Waals surface area contributed by atoms with Crippen LogP contribution in [-0.4, -0.2) is 83.0 Å². The monoisotopic (exact) mass is 610 g/mol. The summed E-state index contributed by atoms with van der Waals surface area (Å²) >= 11 is 0. The van der Waals surface area contributed by atoms with Crippen LogP contribution < -0.4 is 10.1 Å². The largest absolute Gasteiger partial charge is 0.497 e. The summed E-state index contributed by atoms with van der Waals surface area (Å²) in [6, 6.07) is 15.1. The summed E-state index contributed by atoms with van der Waals surface area (Å²) in [7, 11) is 1.70. The van der Waals surface area contributed by atoms with Gasteiger partial charge >= 0.3 is 17.9 Å². The molecule has 1 fully saturated rings. The number of carboxylic acids is 3. The van der Waals surface area contributed by atoms with Crippen molar-refractivity contribution < 1.29 is 39.5 Å². The van der Waals surface area contributed by atoms with Gasteiger partial charge in [-0.25, -0.2) is 4.79 Å². The smallest absolute Gasteiger partial charge is 0.336 e. The Morgan fingerprint density at radius 3 is 2.05 bits per heavy atom. The van der Waals surface area contributed by atoms with E-state index in [-0.39, 0.29) is 11.1 Å². The van der Waals surface area contributed by atoms with Gasteiger partial charge in [-0.1, -0.05) is 6.07 Å². The molecule has 5 N–H and O–H groups in total. The summed E-state index contributed by atoms with van der Waals surface area (Å²) in [5, 5.41) is 38.7. The highest BCUT2D eigenvalue weighted by atomic mass is 16.5. The summed E-state index contributed by atoms with van der Waals surface area (Å²) in [5.74, 6) is -4.16. The van der Waals surface area contributed by atoms with E-state index in [0.717, 1.165) is 48.3 Å². The van der Waals surface area contributed by atoms with E-state index in [0.29, 0.717) is 6.04 Å². The maximum atomic E-state index is 10.3. The minimum Gasteiger partial charge on any atom is -0.497 e. The molecular formula is C32H42N4O8. The lowest BCUT2D eigenvalue weighted by Gasteiger charge is -2.49. The normalized spacial score (nSPS) is 16.2. The number of aliphatic carboxylic acids is 3. The highest BCUT2D eigenvalue weighted by Gasteiger charge is 2.41. The van der Waals surface area contributed by atoms with Gasteiger partial charge in [-0.15, -0.1) is 0 Å². The molecular weight excluding hydrogens is 568 g/mol. The van der Waals surface area contributed by atoms with Crippen molar-refractivity contribution in [1.82, 2.24) is 20.2 Å². The Hall–Kier alpha value is -4.13. The molecule has 12 heteroatoms. The SMILES string of the molecule is COc1ccc2nc(CN(Cc3ccncc3)C3CC(C)(C)NC(C)(C)C3)ccc2c1.O=C(O)CC(O)(CC(=O)O)C(=O)O. The molecule has 12 nitrogen and oxygen atoms in total. The second-order valence-electron chi connectivity index (χ2n) is 12.6. The first kappa shape index (κ1) is 34.4. The summed E-state index contributed by atoms with van der Waals surface area (Å²) < 4.78 is 5.35. The Morgan fingerprint density at radius 1 is 0.932 bits per heavy atom. The van der Waals surface area contributed by atoms with E-state index >= 15 is 0 Å². The average molecular weight is 611 g/mol. The van der Waals surface area contributed by atoms with Gasteiger partial charge in [0.05, 0.1) is 31.2 Å². The molecule has 3 aromatic rings. The summed E-state index contributed by atoms with van der Waals surface area (Å²) in [6.07, 6.45) is 3.68. The predicted molar refractivity (Wildman–Crippen MR) is 163 cm³/mol. The number of nitrogens with zero attached hydrogens (tertiary/aromatic N) is 3. The van der Waals surface area contributed by atoms with Crippen LogP contribution in [0.4, 0.5) is 0 Å². The molecule has 2 aromatic heterocycles. The fraction of sp³-hybridized carbons (Fsp3) is 0.469. The first-order chi connectivity index (χ1) is 20.5. The Balaban J connectivity index is 0.000000345. The lowest BCUT2D eigenvalue weighted by Crippen LogP contribution is -2.62. The molecule has 0 unspecified atom stereocenters. The van der Waals surface area contributed by atoms with Gasteiger partial charge in [0.15, 0.2) is 5.60 Å². The number of aliphatic hydroxyl groups is 1. The summed E-state index contributed by atoms with van der Waals surface area (Å²) in [5.41, 5.74) is 0.841. The van der Waals surface area contributed by atoms with E-state index in [9.17, 15) is 14.4 Å². The number of nitrogens with one attached hydrogen (secondary N) is 1. The molecule has 4 rings (SSSR count). The van der Waals surface area contributed by atoms with Crippen molar-refractivity contribution in [2.24, 2.45) is 0 Å². The number of pyridine rings is 2. The van der Waals surface area contributed by atoms with Crippen LogP contribution in [-0.2, 0) is 27.5 Å². The number of carboxylic acid groups (broad SMARTS) is 3. The molecule has 0 radical (unpaired) electrons. The number of carbonyl (C=O) groups is 3. The van der Waals surface area contributed by atoms with E-state index in [1.807, 2.05) is 30.6 Å². The number of benzene rings is 1. The van der Waals surface area contributed by atoms with Gasteiger partial charge in [0.25, 0.3) is 0 Å². The highest BCUT2D eigenvalue weighted by Crippen LogP contribution is 2.33. The number of fused-ring (bicyclic) bond motifs is 1. The van der Waals surface area contributed by atoms with Crippen LogP contribution in [0.25, 0.3) is 10.9 Å². The number of piperidine rings is 1. The molecule has 0 bridgehead atoms. The molecule has 44 heavy (non-hydrogen) atoms. The van der Waals surface area contributed by atoms with E-state index < -0.39 is 36.4 Å². The zero-order valence-corrected chi connectivity index (χ0v) is 25.8. The summed E-state index contributed by atoms with van der Waals surface area (Å²) in [4.78, 5) is 42.2. The number of ether oxygens (including phenoxy) is 1. The number of methoxy groups -OCH3 is 1. The van der Waals surface area contributed by atoms with E-state index in [2.05, 4.69) is 67.2 Å². The standard InChI is InChI=1S/C26H34N4O.C6H8O7/c1-25(2)15-22(16-26(3,4)29-25)30(17-19-10-12-27-13-11-19)18-21-7-6-20-14-23(31-5)8-9-24(20)28-21;7-3(8)1-6(13,5(11)12)2-4(9)10/h6-14,22,29H,15-18H2,1-5H3;13H,1-2H2,(H,7,8)(H,9,10)(H,11,12). The van der Waals surface area contributed by atoms with Crippen molar-refractivity contribution in [2.45, 2.75) is 89.2 Å². The lowest BCUT2D eigenvalue weighted by atomic mass is 9.79. The van der Waals surface area contributed by atoms with E-state index in [1.54, 1.807) is 7.11 Å². The maximum absolute atomic E-state index is 10.3. The van der Waals surface area contributed by atoms with Crippen molar-refractivity contribution >= 4 is 28.8 Å². The Kier molecular flexibility index (Phi) is 11.0. The fourth-order valence-corrected chi connectivity index (χ4v) is 5.85. The van der Waals surface area contributed by atoms with Gasteiger partial charge in [-0.05, 0) is 82.5 Å². The zero-order chi connectivity index (χ0) is 32.7. The molecule has 1 aliphatic heterocycles. The average Bonchev–Trinajstić information content (AvgIpc) is 2.90. The molecule has 0 amide bonds. The van der Waals surface area contributed by atoms with Crippen LogP contribution >= 0.6 is 0 Å². The first-order valence-electron chi connectivity index (χ1n) is 14.3. The Labute approximate surface area is 256 Å². The predicted octanol–water partition coefficient (Wildman–Crippen LogP) is 3.70. The number of aromatic nitrogens is 2. The zero-order valence-electron chi connectivity index (χ0n) is 25.8. The maximum Gasteiger partial charge on any atom is 0.336 e. The summed E-state index contributed by atoms with van der Waals surface area (Å²) in [6.45, 7) is 11.0. The second-order valence-corrected chi connectivity index (χ2v) is 12.6. The van der Waals surface area contributed by atoms with Crippen LogP contribution in [0, 0.1) is 0 Å². The lowest BCUT2D eigenvalue weighted by molar-refractivity contribution is -0.170. The molecule has 238 valence electrons. The third-order valence-corrected chi connectivity index (χ3v) is 7.42. The molecule has 1 aromatic carbocycles. The van der Waals surface area contributed by atoms with Crippen LogP contribution in [0.2, 0.25) is 0 Å². The second kappa shape index (κ2) is 14.1. The van der Waals surface area contributed by atoms with Crippen LogP contribution in [0.5, 0.6) is 5.75 Å². The first-order valence-corrected chi connectivity index (χ1v) is 14.3. The Bertz CT molecular complexity index is 1430. The van der Waals surface area contributed by atoms with Crippen molar-refractivity contribution in [3.63, 3.8) is 0 Å². The van der Waals surface area contributed by atoms with Crippen LogP contribution in [0.15, 0.2) is 54.9 Å². The minimum atomic E-state index is -2.74. The third-order valence-electron chi connectivity index (χ3n) is 7.42. The minimum absolute atomic E-state index is 0.0935. The molecule has 0 saturated carbocycles. The molecule has 1 saturated heterocycles. The Morgan fingerprint density at radius 2 is 1.52 bits per heavy atom. The van der Waals surface area contributed by atoms with Crippen LogP contribution in [0.1, 0.15) is 64.6 Å². The molecule has 1 aliphatic rings. The molecule has 0 aliphatic carbocycles. The van der Waals surface area contributed by atoms with Gasteiger partial charge in [0.2, 0.25) is 0 Å². The van der Waals surface area contributed by atoms with E-state index in [1.165, 1.54) is 5.56 Å². The van der Waals surface area contributed by atoms with Gasteiger partial charge in [-0.2, -0.15) is 0 Å². The van der Waals surface area contributed by atoms with Crippen LogP contribution in [0.3, 0.4) is 0 Å².